The fraction of sp³-hybridized carbons (Fsp3) is 0.345. The fourth-order valence-corrected chi connectivity index (χ4v) is 4.45. The summed E-state index contributed by atoms with van der Waals surface area (Å²) in [5.41, 5.74) is 17.6. The number of H-pyrrole nitrogens is 1. The minimum atomic E-state index is -1.41. The maximum Gasteiger partial charge on any atom is 0.305 e. The van der Waals surface area contributed by atoms with Gasteiger partial charge in [0.05, 0.1) is 24.8 Å². The number of aliphatic imine (C=N–C) groups is 1. The standard InChI is InChI=1S/C29H37N9O6/c30-22(13-25(40)41)26(42)37-24(12-21-14-33-16-35-21)28(44)38-23(11-17-7-8-18-4-1-2-5-19(18)10-17)27(43)36-20(15-39)6-3-9-34-29(31)32/h1-2,4-5,7-8,10,14-16,20,22-24H,3,6,9,11-13,30H2,(H,33,35)(H,36,43)(H,37,42)(H,38,44)(H,40,41)(H4,31,32,34)/t20-,22-,23+,24-/m0/s1. The van der Waals surface area contributed by atoms with E-state index in [4.69, 9.17) is 22.3 Å². The number of rotatable bonds is 17. The number of nitrogens with zero attached hydrogens (tertiary/aromatic N) is 2. The topological polar surface area (TPSA) is 261 Å². The molecule has 15 nitrogen and oxygen atoms in total. The number of carboxylic acids is 1. The number of benzene rings is 2. The number of carbonyl (C=O) groups is 5. The minimum absolute atomic E-state index is 0.0522. The fourth-order valence-electron chi connectivity index (χ4n) is 4.45. The Morgan fingerprint density at radius 1 is 0.955 bits per heavy atom. The van der Waals surface area contributed by atoms with Gasteiger partial charge < -0.3 is 48.0 Å². The molecular weight excluding hydrogens is 570 g/mol. The first-order chi connectivity index (χ1) is 21.0. The average molecular weight is 608 g/mol. The van der Waals surface area contributed by atoms with E-state index in [0.29, 0.717) is 18.4 Å². The summed E-state index contributed by atoms with van der Waals surface area (Å²) in [6, 6.07) is 8.59. The number of guanidine groups is 1. The van der Waals surface area contributed by atoms with E-state index < -0.39 is 54.3 Å². The van der Waals surface area contributed by atoms with Gasteiger partial charge >= 0.3 is 5.97 Å². The van der Waals surface area contributed by atoms with Crippen molar-refractivity contribution in [2.24, 2.45) is 22.2 Å². The Balaban J connectivity index is 1.83. The Labute approximate surface area is 253 Å². The van der Waals surface area contributed by atoms with E-state index >= 15 is 0 Å². The molecule has 0 bridgehead atoms. The number of nitrogens with one attached hydrogen (secondary N) is 4. The second-order valence-corrected chi connectivity index (χ2v) is 10.2. The zero-order valence-corrected chi connectivity index (χ0v) is 23.9. The molecule has 15 heteroatoms. The molecule has 0 aliphatic rings. The van der Waals surface area contributed by atoms with Crippen molar-refractivity contribution in [3.63, 3.8) is 0 Å². The molecule has 3 amide bonds. The third kappa shape index (κ3) is 10.5. The molecule has 4 atom stereocenters. The number of aldehydes is 1. The molecule has 0 spiro atoms. The largest absolute Gasteiger partial charge is 0.481 e. The van der Waals surface area contributed by atoms with Crippen LogP contribution in [0.3, 0.4) is 0 Å². The lowest BCUT2D eigenvalue weighted by Crippen LogP contribution is -2.57. The molecule has 0 saturated heterocycles. The van der Waals surface area contributed by atoms with Gasteiger partial charge in [0.2, 0.25) is 17.7 Å². The molecule has 0 aliphatic carbocycles. The molecule has 2 aromatic carbocycles. The van der Waals surface area contributed by atoms with Crippen LogP contribution in [0.4, 0.5) is 0 Å². The van der Waals surface area contributed by atoms with Crippen molar-refractivity contribution in [2.45, 2.75) is 56.3 Å². The first-order valence-corrected chi connectivity index (χ1v) is 13.9. The zero-order valence-electron chi connectivity index (χ0n) is 23.9. The highest BCUT2D eigenvalue weighted by atomic mass is 16.4. The van der Waals surface area contributed by atoms with Crippen LogP contribution >= 0.6 is 0 Å². The quantitative estimate of drug-likeness (QED) is 0.0395. The van der Waals surface area contributed by atoms with Gasteiger partial charge in [0.1, 0.15) is 18.4 Å². The van der Waals surface area contributed by atoms with Crippen LogP contribution in [0.2, 0.25) is 0 Å². The van der Waals surface area contributed by atoms with Crippen LogP contribution in [0.15, 0.2) is 60.0 Å². The highest BCUT2D eigenvalue weighted by Gasteiger charge is 2.30. The van der Waals surface area contributed by atoms with Gasteiger partial charge in [0, 0.05) is 31.3 Å². The minimum Gasteiger partial charge on any atom is -0.481 e. The van der Waals surface area contributed by atoms with Crippen LogP contribution in [0, 0.1) is 0 Å². The molecule has 44 heavy (non-hydrogen) atoms. The highest BCUT2D eigenvalue weighted by Crippen LogP contribution is 2.17. The van der Waals surface area contributed by atoms with E-state index in [9.17, 15) is 24.0 Å². The van der Waals surface area contributed by atoms with Crippen molar-refractivity contribution in [1.82, 2.24) is 25.9 Å². The number of hydrogen-bond donors (Lipinski definition) is 8. The number of nitrogens with two attached hydrogens (primary N) is 3. The second-order valence-electron chi connectivity index (χ2n) is 10.2. The van der Waals surface area contributed by atoms with E-state index in [1.165, 1.54) is 12.5 Å². The molecule has 0 radical (unpaired) electrons. The summed E-state index contributed by atoms with van der Waals surface area (Å²) >= 11 is 0. The van der Waals surface area contributed by atoms with Gasteiger partial charge in [-0.05, 0) is 29.2 Å². The normalized spacial score (nSPS) is 13.6. The number of aliphatic carboxylic acids is 1. The lowest BCUT2D eigenvalue weighted by atomic mass is 10.00. The smallest absolute Gasteiger partial charge is 0.305 e. The van der Waals surface area contributed by atoms with Crippen molar-refractivity contribution in [2.75, 3.05) is 6.54 Å². The Morgan fingerprint density at radius 2 is 1.64 bits per heavy atom. The Bertz CT molecular complexity index is 1470. The van der Waals surface area contributed by atoms with E-state index in [-0.39, 0.29) is 31.8 Å². The van der Waals surface area contributed by atoms with Crippen LogP contribution in [0.25, 0.3) is 10.8 Å². The van der Waals surface area contributed by atoms with E-state index in [2.05, 4.69) is 30.9 Å². The van der Waals surface area contributed by atoms with Gasteiger partial charge in [-0.2, -0.15) is 0 Å². The van der Waals surface area contributed by atoms with Crippen LogP contribution in [-0.4, -0.2) is 81.7 Å². The first-order valence-electron chi connectivity index (χ1n) is 13.9. The highest BCUT2D eigenvalue weighted by molar-refractivity contribution is 5.94. The number of aromatic amines is 1. The molecule has 3 aromatic rings. The number of imidazole rings is 1. The molecule has 0 aliphatic heterocycles. The molecule has 0 saturated carbocycles. The number of carboxylic acid groups (broad SMARTS) is 1. The van der Waals surface area contributed by atoms with E-state index in [0.717, 1.165) is 16.3 Å². The molecular formula is C29H37N9O6. The number of hydrogen-bond acceptors (Lipinski definition) is 8. The van der Waals surface area contributed by atoms with Gasteiger partial charge in [-0.1, -0.05) is 42.5 Å². The van der Waals surface area contributed by atoms with Gasteiger partial charge in [-0.15, -0.1) is 0 Å². The van der Waals surface area contributed by atoms with Crippen molar-refractivity contribution >= 4 is 46.7 Å². The number of carbonyl (C=O) groups excluding carboxylic acids is 4. The third-order valence-corrected chi connectivity index (χ3v) is 6.69. The number of aromatic nitrogens is 2. The molecule has 234 valence electrons. The summed E-state index contributed by atoms with van der Waals surface area (Å²) < 4.78 is 0. The molecule has 0 unspecified atom stereocenters. The molecule has 0 fully saturated rings. The summed E-state index contributed by atoms with van der Waals surface area (Å²) in [7, 11) is 0. The van der Waals surface area contributed by atoms with Crippen LogP contribution in [0.5, 0.6) is 0 Å². The molecule has 1 heterocycles. The maximum atomic E-state index is 13.6. The van der Waals surface area contributed by atoms with Crippen molar-refractivity contribution in [3.8, 4) is 0 Å². The van der Waals surface area contributed by atoms with E-state index in [1.54, 1.807) is 0 Å². The lowest BCUT2D eigenvalue weighted by molar-refractivity contribution is -0.139. The van der Waals surface area contributed by atoms with Crippen LogP contribution < -0.4 is 33.2 Å². The van der Waals surface area contributed by atoms with E-state index in [1.807, 2.05) is 42.5 Å². The molecule has 11 N–H and O–H groups in total. The summed E-state index contributed by atoms with van der Waals surface area (Å²) in [6.07, 6.45) is 3.47. The number of amides is 3. The number of fused-ring (bicyclic) bond motifs is 1. The summed E-state index contributed by atoms with van der Waals surface area (Å²) in [6.45, 7) is 0.263. The van der Waals surface area contributed by atoms with Gasteiger partial charge in [-0.3, -0.25) is 24.2 Å². The Hall–Kier alpha value is -5.31. The van der Waals surface area contributed by atoms with Crippen molar-refractivity contribution in [3.05, 3.63) is 66.2 Å². The SMILES string of the molecule is NC(N)=NCCC[C@@H](C=O)NC(=O)[C@@H](Cc1ccc2ccccc2c1)NC(=O)[C@H](Cc1cnc[nH]1)NC(=O)[C@@H](N)CC(=O)O. The lowest BCUT2D eigenvalue weighted by Gasteiger charge is -2.25. The van der Waals surface area contributed by atoms with Gasteiger partial charge in [0.15, 0.2) is 5.96 Å². The van der Waals surface area contributed by atoms with Gasteiger partial charge in [-0.25, -0.2) is 4.98 Å². The van der Waals surface area contributed by atoms with Crippen molar-refractivity contribution < 1.29 is 29.1 Å². The van der Waals surface area contributed by atoms with Gasteiger partial charge in [0.25, 0.3) is 0 Å². The summed E-state index contributed by atoms with van der Waals surface area (Å²) in [5, 5.41) is 18.8. The zero-order chi connectivity index (χ0) is 32.1. The summed E-state index contributed by atoms with van der Waals surface area (Å²) in [5.74, 6) is -3.58. The predicted octanol–water partition coefficient (Wildman–Crippen LogP) is -1.14. The first kappa shape index (κ1) is 33.2. The monoisotopic (exact) mass is 607 g/mol. The Kier molecular flexibility index (Phi) is 12.3. The maximum absolute atomic E-state index is 13.6. The average Bonchev–Trinajstić information content (AvgIpc) is 3.50. The van der Waals surface area contributed by atoms with Crippen LogP contribution in [0.1, 0.15) is 30.5 Å². The Morgan fingerprint density at radius 3 is 2.30 bits per heavy atom. The van der Waals surface area contributed by atoms with Crippen molar-refractivity contribution in [1.29, 1.82) is 0 Å². The van der Waals surface area contributed by atoms with Crippen LogP contribution in [-0.2, 0) is 36.8 Å². The predicted molar refractivity (Wildman–Crippen MR) is 162 cm³/mol. The third-order valence-electron chi connectivity index (χ3n) is 6.69. The molecule has 3 rings (SSSR count). The second kappa shape index (κ2) is 16.4. The summed E-state index contributed by atoms with van der Waals surface area (Å²) in [4.78, 5) is 73.2. The molecule has 1 aromatic heterocycles.